The lowest BCUT2D eigenvalue weighted by atomic mass is 10.2. The zero-order valence-corrected chi connectivity index (χ0v) is 16.1. The molecule has 2 heterocycles. The number of hydrogen-bond donors (Lipinski definition) is 2. The summed E-state index contributed by atoms with van der Waals surface area (Å²) in [6, 6.07) is 5.93. The van der Waals surface area contributed by atoms with E-state index in [4.69, 9.17) is 12.2 Å². The van der Waals surface area contributed by atoms with Crippen LogP contribution in [-0.4, -0.2) is 56.3 Å². The smallest absolute Gasteiger partial charge is 0.266 e. The molecule has 2 aliphatic rings. The van der Waals surface area contributed by atoms with Gasteiger partial charge in [0.2, 0.25) is 5.91 Å². The SMILES string of the molecule is O=C(CCN1C(=O)/C(=C/c2ccccc2F)SC1=S)N[C@@H]1CSC[C@H]1O. The number of halogens is 1. The third kappa shape index (κ3) is 4.46. The van der Waals surface area contributed by atoms with Crippen LogP contribution < -0.4 is 5.32 Å². The number of rotatable bonds is 5. The predicted molar refractivity (Wildman–Crippen MR) is 106 cm³/mol. The van der Waals surface area contributed by atoms with E-state index in [0.717, 1.165) is 11.8 Å². The third-order valence-electron chi connectivity index (χ3n) is 4.02. The quantitative estimate of drug-likeness (QED) is 0.570. The van der Waals surface area contributed by atoms with E-state index in [1.165, 1.54) is 17.0 Å². The third-order valence-corrected chi connectivity index (χ3v) is 6.57. The Kier molecular flexibility index (Phi) is 6.33. The van der Waals surface area contributed by atoms with E-state index in [1.54, 1.807) is 30.0 Å². The van der Waals surface area contributed by atoms with Gasteiger partial charge in [-0.25, -0.2) is 4.39 Å². The highest BCUT2D eigenvalue weighted by Crippen LogP contribution is 2.33. The van der Waals surface area contributed by atoms with Crippen molar-refractivity contribution in [1.29, 1.82) is 0 Å². The molecule has 1 aromatic rings. The number of nitrogens with zero attached hydrogens (tertiary/aromatic N) is 1. The number of aliphatic hydroxyl groups excluding tert-OH is 1. The molecule has 5 nitrogen and oxygen atoms in total. The van der Waals surface area contributed by atoms with Crippen LogP contribution in [0.2, 0.25) is 0 Å². The van der Waals surface area contributed by atoms with E-state index >= 15 is 0 Å². The summed E-state index contributed by atoms with van der Waals surface area (Å²) in [6.07, 6.45) is 1.03. The number of benzene rings is 1. The van der Waals surface area contributed by atoms with E-state index in [0.29, 0.717) is 26.3 Å². The number of aliphatic hydroxyl groups is 1. The lowest BCUT2D eigenvalue weighted by Crippen LogP contribution is -2.43. The second kappa shape index (κ2) is 8.51. The summed E-state index contributed by atoms with van der Waals surface area (Å²) >= 11 is 7.90. The fourth-order valence-electron chi connectivity index (χ4n) is 2.60. The Balaban J connectivity index is 1.59. The van der Waals surface area contributed by atoms with Gasteiger partial charge >= 0.3 is 0 Å². The van der Waals surface area contributed by atoms with Gasteiger partial charge in [-0.3, -0.25) is 14.5 Å². The zero-order valence-electron chi connectivity index (χ0n) is 13.7. The van der Waals surface area contributed by atoms with Gasteiger partial charge in [-0.05, 0) is 12.1 Å². The molecule has 2 N–H and O–H groups in total. The van der Waals surface area contributed by atoms with Crippen molar-refractivity contribution in [1.82, 2.24) is 10.2 Å². The fourth-order valence-corrected chi connectivity index (χ4v) is 5.07. The molecular formula is C17H17FN2O3S3. The topological polar surface area (TPSA) is 69.6 Å². The molecule has 0 unspecified atom stereocenters. The van der Waals surface area contributed by atoms with Gasteiger partial charge in [-0.2, -0.15) is 11.8 Å². The highest BCUT2D eigenvalue weighted by molar-refractivity contribution is 8.26. The standard InChI is InChI=1S/C17H17FN2O3S3/c18-11-4-2-1-3-10(11)7-14-16(23)20(17(24)26-14)6-5-15(22)19-12-8-25-9-13(12)21/h1-4,7,12-13,21H,5-6,8-9H2,(H,19,22)/b14-7-/t12-,13-/m1/s1. The molecule has 0 radical (unpaired) electrons. The Morgan fingerprint density at radius 1 is 1.42 bits per heavy atom. The normalized spacial score (nSPS) is 24.5. The first-order valence-electron chi connectivity index (χ1n) is 8.01. The molecule has 138 valence electrons. The lowest BCUT2D eigenvalue weighted by molar-refractivity contribution is -0.124. The second-order valence-corrected chi connectivity index (χ2v) is 8.63. The predicted octanol–water partition coefficient (Wildman–Crippen LogP) is 2.01. The minimum atomic E-state index is -0.538. The van der Waals surface area contributed by atoms with Crippen LogP contribution in [-0.2, 0) is 9.59 Å². The zero-order chi connectivity index (χ0) is 18.7. The minimum absolute atomic E-state index is 0.0906. The van der Waals surface area contributed by atoms with E-state index in [2.05, 4.69) is 5.32 Å². The van der Waals surface area contributed by atoms with Crippen molar-refractivity contribution in [2.45, 2.75) is 18.6 Å². The van der Waals surface area contributed by atoms with Crippen LogP contribution in [0.4, 0.5) is 4.39 Å². The molecule has 2 amide bonds. The van der Waals surface area contributed by atoms with Crippen LogP contribution in [0.25, 0.3) is 6.08 Å². The van der Waals surface area contributed by atoms with Crippen molar-refractivity contribution in [3.63, 3.8) is 0 Å². The number of thiocarbonyl (C=S) groups is 1. The number of carbonyl (C=O) groups excluding carboxylic acids is 2. The molecule has 3 rings (SSSR count). The average Bonchev–Trinajstić information content (AvgIpc) is 3.12. The minimum Gasteiger partial charge on any atom is -0.390 e. The van der Waals surface area contributed by atoms with E-state index in [-0.39, 0.29) is 30.8 Å². The highest BCUT2D eigenvalue weighted by Gasteiger charge is 2.33. The summed E-state index contributed by atoms with van der Waals surface area (Å²) in [7, 11) is 0. The van der Waals surface area contributed by atoms with Crippen molar-refractivity contribution in [2.24, 2.45) is 0 Å². The maximum absolute atomic E-state index is 13.8. The second-order valence-electron chi connectivity index (χ2n) is 5.88. The number of amides is 2. The van der Waals surface area contributed by atoms with E-state index in [1.807, 2.05) is 0 Å². The summed E-state index contributed by atoms with van der Waals surface area (Å²) in [5.41, 5.74) is 0.318. The molecule has 0 aromatic heterocycles. The van der Waals surface area contributed by atoms with Crippen LogP contribution >= 0.6 is 35.7 Å². The molecule has 26 heavy (non-hydrogen) atoms. The molecule has 0 bridgehead atoms. The Morgan fingerprint density at radius 3 is 2.88 bits per heavy atom. The fraction of sp³-hybridized carbons (Fsp3) is 0.353. The van der Waals surface area contributed by atoms with Gasteiger partial charge in [-0.1, -0.05) is 42.2 Å². The summed E-state index contributed by atoms with van der Waals surface area (Å²) in [5, 5.41) is 12.5. The Bertz CT molecular complexity index is 771. The van der Waals surface area contributed by atoms with Crippen LogP contribution in [0.5, 0.6) is 0 Å². The molecule has 2 fully saturated rings. The lowest BCUT2D eigenvalue weighted by Gasteiger charge is -2.18. The summed E-state index contributed by atoms with van der Waals surface area (Å²) < 4.78 is 14.1. The van der Waals surface area contributed by atoms with Crippen molar-refractivity contribution >= 4 is 58.0 Å². The molecule has 9 heteroatoms. The number of carbonyl (C=O) groups is 2. The van der Waals surface area contributed by atoms with Gasteiger partial charge in [0.05, 0.1) is 17.1 Å². The van der Waals surface area contributed by atoms with Crippen LogP contribution in [0.1, 0.15) is 12.0 Å². The van der Waals surface area contributed by atoms with Gasteiger partial charge in [0.1, 0.15) is 10.1 Å². The number of thioether (sulfide) groups is 2. The van der Waals surface area contributed by atoms with Crippen LogP contribution in [0, 0.1) is 5.82 Å². The maximum Gasteiger partial charge on any atom is 0.266 e. The van der Waals surface area contributed by atoms with Crippen LogP contribution in [0.15, 0.2) is 29.2 Å². The summed E-state index contributed by atoms with van der Waals surface area (Å²) in [6.45, 7) is 0.154. The largest absolute Gasteiger partial charge is 0.390 e. The number of nitrogens with one attached hydrogen (secondary N) is 1. The monoisotopic (exact) mass is 412 g/mol. The van der Waals surface area contributed by atoms with Crippen LogP contribution in [0.3, 0.4) is 0 Å². The summed E-state index contributed by atoms with van der Waals surface area (Å²) in [5.74, 6) is 0.321. The van der Waals surface area contributed by atoms with E-state index < -0.39 is 11.9 Å². The van der Waals surface area contributed by atoms with Gasteiger partial charge < -0.3 is 10.4 Å². The van der Waals surface area contributed by atoms with Crippen molar-refractivity contribution in [2.75, 3.05) is 18.1 Å². The van der Waals surface area contributed by atoms with Gasteiger partial charge in [0.15, 0.2) is 0 Å². The Labute approximate surface area is 164 Å². The molecule has 0 saturated carbocycles. The first-order chi connectivity index (χ1) is 12.5. The molecule has 1 aromatic carbocycles. The van der Waals surface area contributed by atoms with Crippen molar-refractivity contribution < 1.29 is 19.1 Å². The molecule has 0 spiro atoms. The summed E-state index contributed by atoms with van der Waals surface area (Å²) in [4.78, 5) is 26.2. The highest BCUT2D eigenvalue weighted by atomic mass is 32.2. The Morgan fingerprint density at radius 2 is 2.19 bits per heavy atom. The molecule has 2 atom stereocenters. The van der Waals surface area contributed by atoms with Gasteiger partial charge in [0, 0.05) is 30.0 Å². The Hall–Kier alpha value is -1.42. The molecule has 2 aliphatic heterocycles. The molecule has 0 aliphatic carbocycles. The first kappa shape index (κ1) is 19.3. The first-order valence-corrected chi connectivity index (χ1v) is 10.4. The van der Waals surface area contributed by atoms with E-state index in [9.17, 15) is 19.1 Å². The number of hydrogen-bond acceptors (Lipinski definition) is 6. The van der Waals surface area contributed by atoms with Crippen molar-refractivity contribution in [3.8, 4) is 0 Å². The van der Waals surface area contributed by atoms with Gasteiger partial charge in [0.25, 0.3) is 5.91 Å². The average molecular weight is 413 g/mol. The molecule has 2 saturated heterocycles. The van der Waals surface area contributed by atoms with Gasteiger partial charge in [-0.15, -0.1) is 0 Å². The molecular weight excluding hydrogens is 395 g/mol. The van der Waals surface area contributed by atoms with Crippen molar-refractivity contribution in [3.05, 3.63) is 40.6 Å². The maximum atomic E-state index is 13.8.